The highest BCUT2D eigenvalue weighted by Crippen LogP contribution is 2.15. The van der Waals surface area contributed by atoms with Gasteiger partial charge in [0.25, 0.3) is 0 Å². The van der Waals surface area contributed by atoms with Gasteiger partial charge in [-0.1, -0.05) is 6.08 Å². The molecule has 0 spiro atoms. The Morgan fingerprint density at radius 2 is 2.45 bits per heavy atom. The zero-order chi connectivity index (χ0) is 8.27. The molecule has 0 aromatic carbocycles. The van der Waals surface area contributed by atoms with E-state index in [9.17, 15) is 4.79 Å². The minimum atomic E-state index is -0.282. The maximum Gasteiger partial charge on any atom is 0.221 e. The van der Waals surface area contributed by atoms with E-state index in [1.165, 1.54) is 0 Å². The van der Waals surface area contributed by atoms with Crippen molar-refractivity contribution >= 4 is 11.6 Å². The zero-order valence-electron chi connectivity index (χ0n) is 6.16. The summed E-state index contributed by atoms with van der Waals surface area (Å²) in [6, 6.07) is 0. The van der Waals surface area contributed by atoms with Crippen LogP contribution in [0.3, 0.4) is 0 Å². The summed E-state index contributed by atoms with van der Waals surface area (Å²) < 4.78 is 0. The molecule has 0 aliphatic heterocycles. The molecule has 1 amide bonds. The van der Waals surface area contributed by atoms with E-state index in [4.69, 9.17) is 11.6 Å². The minimum Gasteiger partial charge on any atom is -0.369 e. The molecule has 1 aliphatic carbocycles. The molecular formula is C7H11N3O. The number of carbonyl (C=O) groups excluding carboxylic acids is 1. The van der Waals surface area contributed by atoms with E-state index < -0.39 is 0 Å². The Morgan fingerprint density at radius 1 is 1.73 bits per heavy atom. The molecular weight excluding hydrogens is 142 g/mol. The molecule has 0 saturated heterocycles. The fourth-order valence-electron chi connectivity index (χ4n) is 1.08. The molecule has 0 bridgehead atoms. The standard InChI is InChI=1S/C7H11N3O/c8-7(11)5-2-1-3-6(4-5)10-9/h1,3,5H,2,4,9H2,(H2,8,11)/b10-6-. The van der Waals surface area contributed by atoms with Crippen LogP contribution in [0.25, 0.3) is 0 Å². The molecule has 4 nitrogen and oxygen atoms in total. The van der Waals surface area contributed by atoms with Crippen molar-refractivity contribution in [1.29, 1.82) is 0 Å². The van der Waals surface area contributed by atoms with Crippen molar-refractivity contribution in [2.45, 2.75) is 12.8 Å². The lowest BCUT2D eigenvalue weighted by Crippen LogP contribution is -2.26. The number of rotatable bonds is 1. The number of hydrazone groups is 1. The van der Waals surface area contributed by atoms with Crippen LogP contribution in [0.15, 0.2) is 17.3 Å². The molecule has 0 aromatic heterocycles. The highest BCUT2D eigenvalue weighted by Gasteiger charge is 2.18. The summed E-state index contributed by atoms with van der Waals surface area (Å²) in [5.41, 5.74) is 5.85. The minimum absolute atomic E-state index is 0.123. The zero-order valence-corrected chi connectivity index (χ0v) is 6.16. The summed E-state index contributed by atoms with van der Waals surface area (Å²) in [5.74, 6) is 4.65. The van der Waals surface area contributed by atoms with Crippen molar-refractivity contribution < 1.29 is 4.79 Å². The number of primary amides is 1. The van der Waals surface area contributed by atoms with E-state index in [1.807, 2.05) is 12.2 Å². The molecule has 1 aliphatic rings. The van der Waals surface area contributed by atoms with Crippen molar-refractivity contribution in [3.05, 3.63) is 12.2 Å². The second-order valence-corrected chi connectivity index (χ2v) is 2.56. The number of nitrogens with two attached hydrogens (primary N) is 2. The van der Waals surface area contributed by atoms with Crippen molar-refractivity contribution in [1.82, 2.24) is 0 Å². The number of hydrogen-bond donors (Lipinski definition) is 2. The quantitative estimate of drug-likeness (QED) is 0.402. The van der Waals surface area contributed by atoms with Gasteiger partial charge in [0, 0.05) is 12.3 Å². The molecule has 1 atom stereocenters. The Bertz CT molecular complexity index is 220. The van der Waals surface area contributed by atoms with Gasteiger partial charge in [-0.25, -0.2) is 0 Å². The van der Waals surface area contributed by atoms with Crippen LogP contribution in [0.5, 0.6) is 0 Å². The molecule has 0 radical (unpaired) electrons. The van der Waals surface area contributed by atoms with E-state index >= 15 is 0 Å². The summed E-state index contributed by atoms with van der Waals surface area (Å²) in [7, 11) is 0. The van der Waals surface area contributed by atoms with Crippen LogP contribution in [0, 0.1) is 5.92 Å². The molecule has 4 heteroatoms. The van der Waals surface area contributed by atoms with E-state index in [-0.39, 0.29) is 11.8 Å². The van der Waals surface area contributed by atoms with Gasteiger partial charge in [0.15, 0.2) is 0 Å². The van der Waals surface area contributed by atoms with Gasteiger partial charge < -0.3 is 11.6 Å². The lowest BCUT2D eigenvalue weighted by atomic mass is 9.93. The van der Waals surface area contributed by atoms with Gasteiger partial charge in [-0.15, -0.1) is 0 Å². The Hall–Kier alpha value is -1.32. The summed E-state index contributed by atoms with van der Waals surface area (Å²) in [6.07, 6.45) is 4.96. The summed E-state index contributed by atoms with van der Waals surface area (Å²) in [4.78, 5) is 10.7. The van der Waals surface area contributed by atoms with Crippen LogP contribution in [0.2, 0.25) is 0 Å². The second kappa shape index (κ2) is 3.18. The summed E-state index contributed by atoms with van der Waals surface area (Å²) >= 11 is 0. The predicted octanol–water partition coefficient (Wildman–Crippen LogP) is -0.247. The Labute approximate surface area is 64.9 Å². The highest BCUT2D eigenvalue weighted by atomic mass is 16.1. The number of amides is 1. The van der Waals surface area contributed by atoms with E-state index in [2.05, 4.69) is 5.10 Å². The van der Waals surface area contributed by atoms with E-state index in [1.54, 1.807) is 0 Å². The van der Waals surface area contributed by atoms with Crippen LogP contribution >= 0.6 is 0 Å². The van der Waals surface area contributed by atoms with Gasteiger partial charge in [0.05, 0.1) is 5.71 Å². The first-order valence-electron chi connectivity index (χ1n) is 3.46. The van der Waals surface area contributed by atoms with Crippen molar-refractivity contribution in [2.75, 3.05) is 0 Å². The van der Waals surface area contributed by atoms with Crippen LogP contribution in [-0.4, -0.2) is 11.6 Å². The Morgan fingerprint density at radius 3 is 3.00 bits per heavy atom. The Balaban J connectivity index is 2.66. The van der Waals surface area contributed by atoms with Gasteiger partial charge in [-0.05, 0) is 12.5 Å². The van der Waals surface area contributed by atoms with Gasteiger partial charge in [0.2, 0.25) is 5.91 Å². The number of allylic oxidation sites excluding steroid dienone is 2. The average Bonchev–Trinajstić information content (AvgIpc) is 2.05. The second-order valence-electron chi connectivity index (χ2n) is 2.56. The molecule has 4 N–H and O–H groups in total. The maximum absolute atomic E-state index is 10.7. The molecule has 1 rings (SSSR count). The normalized spacial score (nSPS) is 27.3. The Kier molecular flexibility index (Phi) is 2.25. The summed E-state index contributed by atoms with van der Waals surface area (Å²) in [6.45, 7) is 0. The lowest BCUT2D eigenvalue weighted by Gasteiger charge is -2.14. The van der Waals surface area contributed by atoms with Crippen LogP contribution in [0.1, 0.15) is 12.8 Å². The van der Waals surface area contributed by atoms with E-state index in [0.29, 0.717) is 12.8 Å². The molecule has 0 aromatic rings. The number of carbonyl (C=O) groups is 1. The molecule has 0 saturated carbocycles. The van der Waals surface area contributed by atoms with Crippen molar-refractivity contribution in [3.63, 3.8) is 0 Å². The third-order valence-electron chi connectivity index (χ3n) is 1.75. The first-order chi connectivity index (χ1) is 5.24. The first-order valence-corrected chi connectivity index (χ1v) is 3.46. The molecule has 0 heterocycles. The SMILES string of the molecule is N/N=C1/C=CCC(C(N)=O)C1. The molecule has 60 valence electrons. The topological polar surface area (TPSA) is 81.5 Å². The fourth-order valence-corrected chi connectivity index (χ4v) is 1.08. The van der Waals surface area contributed by atoms with Crippen LogP contribution in [0.4, 0.5) is 0 Å². The van der Waals surface area contributed by atoms with Gasteiger partial charge >= 0.3 is 0 Å². The van der Waals surface area contributed by atoms with Crippen molar-refractivity contribution in [3.8, 4) is 0 Å². The number of hydrogen-bond acceptors (Lipinski definition) is 3. The van der Waals surface area contributed by atoms with E-state index in [0.717, 1.165) is 5.71 Å². The maximum atomic E-state index is 10.7. The number of nitrogens with zero attached hydrogens (tertiary/aromatic N) is 1. The van der Waals surface area contributed by atoms with Crippen molar-refractivity contribution in [2.24, 2.45) is 22.6 Å². The third-order valence-corrected chi connectivity index (χ3v) is 1.75. The van der Waals surface area contributed by atoms with Crippen LogP contribution < -0.4 is 11.6 Å². The van der Waals surface area contributed by atoms with Gasteiger partial charge in [-0.2, -0.15) is 5.10 Å². The predicted molar refractivity (Wildman–Crippen MR) is 42.7 cm³/mol. The fraction of sp³-hybridized carbons (Fsp3) is 0.429. The first kappa shape index (κ1) is 7.78. The summed E-state index contributed by atoms with van der Waals surface area (Å²) in [5, 5.41) is 3.50. The highest BCUT2D eigenvalue weighted by molar-refractivity contribution is 5.98. The van der Waals surface area contributed by atoms with Gasteiger partial charge in [0.1, 0.15) is 0 Å². The largest absolute Gasteiger partial charge is 0.369 e. The lowest BCUT2D eigenvalue weighted by molar-refractivity contribution is -0.121. The van der Waals surface area contributed by atoms with Gasteiger partial charge in [-0.3, -0.25) is 4.79 Å². The molecule has 0 fully saturated rings. The van der Waals surface area contributed by atoms with Crippen LogP contribution in [-0.2, 0) is 4.79 Å². The smallest absolute Gasteiger partial charge is 0.221 e. The molecule has 11 heavy (non-hydrogen) atoms. The monoisotopic (exact) mass is 153 g/mol. The third kappa shape index (κ3) is 1.80. The molecule has 1 unspecified atom stereocenters. The average molecular weight is 153 g/mol.